The van der Waals surface area contributed by atoms with Gasteiger partial charge in [-0.3, -0.25) is 0 Å². The molecule has 0 amide bonds. The molecule has 0 bridgehead atoms. The van der Waals surface area contributed by atoms with Crippen LogP contribution in [0.15, 0.2) is 24.3 Å². The second-order valence-electron chi connectivity index (χ2n) is 4.24. The molecule has 0 aliphatic rings. The first-order valence-electron chi connectivity index (χ1n) is 6.40. The molecule has 0 saturated heterocycles. The lowest BCUT2D eigenvalue weighted by Crippen LogP contribution is -2.34. The number of para-hydroxylation sites is 1. The van der Waals surface area contributed by atoms with Crippen LogP contribution in [0.2, 0.25) is 0 Å². The van der Waals surface area contributed by atoms with Crippen molar-refractivity contribution in [3.05, 3.63) is 29.8 Å². The molecule has 96 valence electrons. The maximum Gasteiger partial charge on any atom is 0.124 e. The van der Waals surface area contributed by atoms with E-state index in [4.69, 9.17) is 10.5 Å². The van der Waals surface area contributed by atoms with Crippen molar-refractivity contribution in [1.29, 1.82) is 0 Å². The summed E-state index contributed by atoms with van der Waals surface area (Å²) in [6.45, 7) is 7.59. The van der Waals surface area contributed by atoms with E-state index in [0.29, 0.717) is 19.2 Å². The topological polar surface area (TPSA) is 47.3 Å². The summed E-state index contributed by atoms with van der Waals surface area (Å²) in [4.78, 5) is 0. The van der Waals surface area contributed by atoms with E-state index in [-0.39, 0.29) is 6.04 Å². The molecule has 0 heterocycles. The zero-order chi connectivity index (χ0) is 12.7. The quantitative estimate of drug-likeness (QED) is 0.764. The van der Waals surface area contributed by atoms with Crippen LogP contribution in [0.5, 0.6) is 5.75 Å². The molecular weight excluding hydrogens is 212 g/mol. The van der Waals surface area contributed by atoms with Crippen LogP contribution in [0.3, 0.4) is 0 Å². The molecule has 0 fully saturated rings. The SMILES string of the molecule is CCOc1ccccc1C(CN)NC(C)CC. The molecular formula is C14H24N2O. The largest absolute Gasteiger partial charge is 0.494 e. The maximum absolute atomic E-state index is 5.85. The van der Waals surface area contributed by atoms with Crippen LogP contribution in [0.25, 0.3) is 0 Å². The van der Waals surface area contributed by atoms with Gasteiger partial charge in [-0.05, 0) is 26.3 Å². The Morgan fingerprint density at radius 1 is 1.29 bits per heavy atom. The Morgan fingerprint density at radius 3 is 2.59 bits per heavy atom. The van der Waals surface area contributed by atoms with Gasteiger partial charge in [-0.2, -0.15) is 0 Å². The molecule has 3 heteroatoms. The van der Waals surface area contributed by atoms with Gasteiger partial charge in [-0.1, -0.05) is 25.1 Å². The maximum atomic E-state index is 5.85. The molecule has 2 atom stereocenters. The van der Waals surface area contributed by atoms with Gasteiger partial charge in [0.2, 0.25) is 0 Å². The Labute approximate surface area is 104 Å². The molecule has 1 aromatic carbocycles. The molecule has 0 aromatic heterocycles. The summed E-state index contributed by atoms with van der Waals surface area (Å²) in [6.07, 6.45) is 1.09. The number of benzene rings is 1. The van der Waals surface area contributed by atoms with Gasteiger partial charge >= 0.3 is 0 Å². The highest BCUT2D eigenvalue weighted by Crippen LogP contribution is 2.25. The van der Waals surface area contributed by atoms with Crippen molar-refractivity contribution in [1.82, 2.24) is 5.32 Å². The van der Waals surface area contributed by atoms with Crippen molar-refractivity contribution in [2.24, 2.45) is 5.73 Å². The predicted octanol–water partition coefficient (Wildman–Crippen LogP) is 2.47. The molecule has 0 radical (unpaired) electrons. The summed E-state index contributed by atoms with van der Waals surface area (Å²) < 4.78 is 5.64. The highest BCUT2D eigenvalue weighted by molar-refractivity contribution is 5.36. The average Bonchev–Trinajstić information content (AvgIpc) is 2.37. The van der Waals surface area contributed by atoms with Gasteiger partial charge in [0.15, 0.2) is 0 Å². The Morgan fingerprint density at radius 2 is 2.00 bits per heavy atom. The summed E-state index contributed by atoms with van der Waals surface area (Å²) in [6, 6.07) is 8.72. The number of nitrogens with one attached hydrogen (secondary N) is 1. The highest BCUT2D eigenvalue weighted by Gasteiger charge is 2.15. The minimum Gasteiger partial charge on any atom is -0.494 e. The minimum atomic E-state index is 0.160. The number of hydrogen-bond donors (Lipinski definition) is 2. The smallest absolute Gasteiger partial charge is 0.124 e. The second-order valence-corrected chi connectivity index (χ2v) is 4.24. The lowest BCUT2D eigenvalue weighted by atomic mass is 10.0. The summed E-state index contributed by atoms with van der Waals surface area (Å²) in [5.74, 6) is 0.932. The zero-order valence-electron chi connectivity index (χ0n) is 11.1. The molecule has 0 spiro atoms. The van der Waals surface area contributed by atoms with Crippen LogP contribution >= 0.6 is 0 Å². The van der Waals surface area contributed by atoms with Gasteiger partial charge < -0.3 is 15.8 Å². The van der Waals surface area contributed by atoms with Gasteiger partial charge in [-0.15, -0.1) is 0 Å². The standard InChI is InChI=1S/C14H24N2O/c1-4-11(3)16-13(10-15)12-8-6-7-9-14(12)17-5-2/h6-9,11,13,16H,4-5,10,15H2,1-3H3. The molecule has 3 N–H and O–H groups in total. The fourth-order valence-corrected chi connectivity index (χ4v) is 1.80. The van der Waals surface area contributed by atoms with E-state index in [2.05, 4.69) is 25.2 Å². The first-order valence-corrected chi connectivity index (χ1v) is 6.40. The fraction of sp³-hybridized carbons (Fsp3) is 0.571. The number of rotatable bonds is 7. The van der Waals surface area contributed by atoms with E-state index < -0.39 is 0 Å². The summed E-state index contributed by atoms with van der Waals surface area (Å²) in [5, 5.41) is 3.53. The third-order valence-corrected chi connectivity index (χ3v) is 2.93. The molecule has 17 heavy (non-hydrogen) atoms. The van der Waals surface area contributed by atoms with E-state index in [0.717, 1.165) is 17.7 Å². The van der Waals surface area contributed by atoms with Gasteiger partial charge in [0.1, 0.15) is 5.75 Å². The first kappa shape index (κ1) is 14.0. The van der Waals surface area contributed by atoms with E-state index >= 15 is 0 Å². The van der Waals surface area contributed by atoms with E-state index in [1.165, 1.54) is 0 Å². The Balaban J connectivity index is 2.86. The van der Waals surface area contributed by atoms with Crippen LogP contribution < -0.4 is 15.8 Å². The number of ether oxygens (including phenoxy) is 1. The van der Waals surface area contributed by atoms with Crippen molar-refractivity contribution < 1.29 is 4.74 Å². The van der Waals surface area contributed by atoms with Crippen molar-refractivity contribution in [3.63, 3.8) is 0 Å². The van der Waals surface area contributed by atoms with Crippen molar-refractivity contribution >= 4 is 0 Å². The van der Waals surface area contributed by atoms with Gasteiger partial charge in [0.25, 0.3) is 0 Å². The van der Waals surface area contributed by atoms with Crippen LogP contribution in [0.1, 0.15) is 38.8 Å². The minimum absolute atomic E-state index is 0.160. The summed E-state index contributed by atoms with van der Waals surface area (Å²) >= 11 is 0. The second kappa shape index (κ2) is 7.30. The van der Waals surface area contributed by atoms with E-state index in [9.17, 15) is 0 Å². The monoisotopic (exact) mass is 236 g/mol. The van der Waals surface area contributed by atoms with E-state index in [1.807, 2.05) is 25.1 Å². The van der Waals surface area contributed by atoms with E-state index in [1.54, 1.807) is 0 Å². The highest BCUT2D eigenvalue weighted by atomic mass is 16.5. The predicted molar refractivity (Wildman–Crippen MR) is 72.3 cm³/mol. The number of hydrogen-bond acceptors (Lipinski definition) is 3. The van der Waals surface area contributed by atoms with Gasteiger partial charge in [-0.25, -0.2) is 0 Å². The lowest BCUT2D eigenvalue weighted by Gasteiger charge is -2.23. The van der Waals surface area contributed by atoms with Crippen molar-refractivity contribution in [2.75, 3.05) is 13.2 Å². The third kappa shape index (κ3) is 4.02. The first-order chi connectivity index (χ1) is 8.22. The summed E-state index contributed by atoms with van der Waals surface area (Å²) in [7, 11) is 0. The Kier molecular flexibility index (Phi) is 6.01. The third-order valence-electron chi connectivity index (χ3n) is 2.93. The molecule has 0 aliphatic heterocycles. The van der Waals surface area contributed by atoms with Crippen LogP contribution in [0.4, 0.5) is 0 Å². The van der Waals surface area contributed by atoms with Crippen molar-refractivity contribution in [3.8, 4) is 5.75 Å². The van der Waals surface area contributed by atoms with Crippen LogP contribution in [-0.4, -0.2) is 19.2 Å². The Hall–Kier alpha value is -1.06. The average molecular weight is 236 g/mol. The Bertz CT molecular complexity index is 328. The molecule has 1 rings (SSSR count). The van der Waals surface area contributed by atoms with Gasteiger partial charge in [0, 0.05) is 24.2 Å². The number of nitrogens with two attached hydrogens (primary N) is 1. The fourth-order valence-electron chi connectivity index (χ4n) is 1.80. The lowest BCUT2D eigenvalue weighted by molar-refractivity contribution is 0.329. The summed E-state index contributed by atoms with van der Waals surface area (Å²) in [5.41, 5.74) is 7.00. The van der Waals surface area contributed by atoms with Crippen LogP contribution in [0, 0.1) is 0 Å². The molecule has 0 saturated carbocycles. The van der Waals surface area contributed by atoms with Crippen LogP contribution in [-0.2, 0) is 0 Å². The molecule has 2 unspecified atom stereocenters. The van der Waals surface area contributed by atoms with Crippen molar-refractivity contribution in [2.45, 2.75) is 39.3 Å². The van der Waals surface area contributed by atoms with Gasteiger partial charge in [0.05, 0.1) is 6.61 Å². The normalized spacial score (nSPS) is 14.4. The zero-order valence-corrected chi connectivity index (χ0v) is 11.1. The molecule has 0 aliphatic carbocycles. The molecule has 1 aromatic rings. The molecule has 3 nitrogen and oxygen atoms in total.